The van der Waals surface area contributed by atoms with E-state index in [1.165, 1.54) is 30.5 Å². The molecule has 82 valence electrons. The van der Waals surface area contributed by atoms with Crippen LogP contribution in [0.4, 0.5) is 4.39 Å². The van der Waals surface area contributed by atoms with E-state index in [1.54, 1.807) is 0 Å². The molecule has 0 aliphatic heterocycles. The van der Waals surface area contributed by atoms with Crippen molar-refractivity contribution in [3.05, 3.63) is 34.1 Å². The Bertz CT molecular complexity index is 349. The highest BCUT2D eigenvalue weighted by molar-refractivity contribution is 9.10. The van der Waals surface area contributed by atoms with Gasteiger partial charge in [-0.1, -0.05) is 28.9 Å². The first-order valence-corrected chi connectivity index (χ1v) is 6.14. The van der Waals surface area contributed by atoms with Crippen LogP contribution in [0.1, 0.15) is 31.2 Å². The van der Waals surface area contributed by atoms with Gasteiger partial charge < -0.3 is 5.32 Å². The lowest BCUT2D eigenvalue weighted by Crippen LogP contribution is -2.22. The lowest BCUT2D eigenvalue weighted by Gasteiger charge is -2.14. The maximum atomic E-state index is 12.9. The highest BCUT2D eigenvalue weighted by Crippen LogP contribution is 2.26. The second-order valence-corrected chi connectivity index (χ2v) is 5.10. The Kier molecular flexibility index (Phi) is 3.42. The lowest BCUT2D eigenvalue weighted by atomic mass is 10.0. The van der Waals surface area contributed by atoms with E-state index in [1.807, 2.05) is 6.07 Å². The quantitative estimate of drug-likeness (QED) is 0.885. The Morgan fingerprint density at radius 2 is 2.27 bits per heavy atom. The Morgan fingerprint density at radius 3 is 2.87 bits per heavy atom. The summed E-state index contributed by atoms with van der Waals surface area (Å²) in [6.07, 6.45) is 2.61. The summed E-state index contributed by atoms with van der Waals surface area (Å²) in [7, 11) is 0. The normalized spacial score (nSPS) is 17.8. The zero-order chi connectivity index (χ0) is 10.8. The molecule has 2 rings (SSSR count). The predicted octanol–water partition coefficient (Wildman–Crippen LogP) is 3.44. The van der Waals surface area contributed by atoms with E-state index in [4.69, 9.17) is 0 Å². The number of halogens is 2. The first kappa shape index (κ1) is 11.1. The summed E-state index contributed by atoms with van der Waals surface area (Å²) in [6.45, 7) is 3.13. The number of nitrogens with one attached hydrogen (secondary N) is 1. The van der Waals surface area contributed by atoms with Crippen molar-refractivity contribution in [3.8, 4) is 0 Å². The second kappa shape index (κ2) is 4.62. The largest absolute Gasteiger partial charge is 0.313 e. The Labute approximate surface area is 98.2 Å². The van der Waals surface area contributed by atoms with Crippen LogP contribution >= 0.6 is 15.9 Å². The lowest BCUT2D eigenvalue weighted by molar-refractivity contribution is 0.602. The summed E-state index contributed by atoms with van der Waals surface area (Å²) >= 11 is 3.40. The molecular weight excluding hydrogens is 257 g/mol. The Balaban J connectivity index is 1.99. The van der Waals surface area contributed by atoms with Gasteiger partial charge in [0.25, 0.3) is 0 Å². The highest BCUT2D eigenvalue weighted by atomic mass is 79.9. The third kappa shape index (κ3) is 3.02. The molecule has 0 amide bonds. The molecule has 0 radical (unpaired) electrons. The minimum absolute atomic E-state index is 0.187. The average Bonchev–Trinajstić information content (AvgIpc) is 2.97. The van der Waals surface area contributed by atoms with Crippen LogP contribution < -0.4 is 5.32 Å². The highest BCUT2D eigenvalue weighted by Gasteiger charge is 2.21. The molecule has 1 aromatic carbocycles. The molecule has 1 N–H and O–H groups in total. The van der Waals surface area contributed by atoms with Gasteiger partial charge in [-0.2, -0.15) is 0 Å². The minimum Gasteiger partial charge on any atom is -0.313 e. The minimum atomic E-state index is -0.187. The molecular formula is C12H15BrFN. The van der Waals surface area contributed by atoms with Gasteiger partial charge in [0.15, 0.2) is 0 Å². The van der Waals surface area contributed by atoms with Crippen LogP contribution in [0.2, 0.25) is 0 Å². The van der Waals surface area contributed by atoms with Crippen LogP contribution in [0.3, 0.4) is 0 Å². The van der Waals surface area contributed by atoms with Gasteiger partial charge in [-0.3, -0.25) is 0 Å². The van der Waals surface area contributed by atoms with Crippen molar-refractivity contribution in [1.82, 2.24) is 5.32 Å². The second-order valence-electron chi connectivity index (χ2n) is 4.25. The summed E-state index contributed by atoms with van der Waals surface area (Å²) in [4.78, 5) is 0. The van der Waals surface area contributed by atoms with E-state index in [0.29, 0.717) is 5.92 Å². The average molecular weight is 272 g/mol. The monoisotopic (exact) mass is 271 g/mol. The van der Waals surface area contributed by atoms with E-state index < -0.39 is 0 Å². The molecule has 0 saturated heterocycles. The number of hydrogen-bond acceptors (Lipinski definition) is 1. The maximum Gasteiger partial charge on any atom is 0.124 e. The van der Waals surface area contributed by atoms with Crippen molar-refractivity contribution in [3.63, 3.8) is 0 Å². The van der Waals surface area contributed by atoms with Gasteiger partial charge in [0.05, 0.1) is 0 Å². The van der Waals surface area contributed by atoms with Crippen molar-refractivity contribution in [2.45, 2.75) is 31.7 Å². The molecule has 0 aromatic heterocycles. The van der Waals surface area contributed by atoms with Gasteiger partial charge in [0, 0.05) is 17.1 Å². The number of benzene rings is 1. The van der Waals surface area contributed by atoms with Gasteiger partial charge >= 0.3 is 0 Å². The van der Waals surface area contributed by atoms with Gasteiger partial charge in [-0.05, 0) is 36.5 Å². The van der Waals surface area contributed by atoms with Crippen molar-refractivity contribution < 1.29 is 4.39 Å². The molecule has 1 nitrogen and oxygen atoms in total. The SMILES string of the molecule is CC(CNC1CC1)c1ccc(F)cc1Br. The third-order valence-electron chi connectivity index (χ3n) is 2.78. The van der Waals surface area contributed by atoms with Crippen LogP contribution in [0, 0.1) is 5.82 Å². The first-order chi connectivity index (χ1) is 7.16. The molecule has 1 fully saturated rings. The molecule has 1 aliphatic rings. The molecule has 3 heteroatoms. The molecule has 1 aliphatic carbocycles. The molecule has 0 heterocycles. The van der Waals surface area contributed by atoms with Crippen LogP contribution in [0.15, 0.2) is 22.7 Å². The molecule has 15 heavy (non-hydrogen) atoms. The van der Waals surface area contributed by atoms with Gasteiger partial charge in [-0.25, -0.2) is 4.39 Å². The summed E-state index contributed by atoms with van der Waals surface area (Å²) in [6, 6.07) is 5.64. The van der Waals surface area contributed by atoms with E-state index in [2.05, 4.69) is 28.2 Å². The summed E-state index contributed by atoms with van der Waals surface area (Å²) in [5.41, 5.74) is 1.17. The summed E-state index contributed by atoms with van der Waals surface area (Å²) < 4.78 is 13.8. The Hall–Kier alpha value is -0.410. The van der Waals surface area contributed by atoms with E-state index in [9.17, 15) is 4.39 Å². The molecule has 1 atom stereocenters. The van der Waals surface area contributed by atoms with Crippen molar-refractivity contribution >= 4 is 15.9 Å². The van der Waals surface area contributed by atoms with Crippen molar-refractivity contribution in [2.75, 3.05) is 6.54 Å². The fourth-order valence-corrected chi connectivity index (χ4v) is 2.38. The smallest absolute Gasteiger partial charge is 0.124 e. The fraction of sp³-hybridized carbons (Fsp3) is 0.500. The molecule has 1 unspecified atom stereocenters. The predicted molar refractivity (Wildman–Crippen MR) is 63.5 cm³/mol. The van der Waals surface area contributed by atoms with Crippen LogP contribution in [0.5, 0.6) is 0 Å². The zero-order valence-electron chi connectivity index (χ0n) is 8.76. The maximum absolute atomic E-state index is 12.9. The van der Waals surface area contributed by atoms with Crippen LogP contribution in [0.25, 0.3) is 0 Å². The van der Waals surface area contributed by atoms with E-state index in [0.717, 1.165) is 17.1 Å². The third-order valence-corrected chi connectivity index (χ3v) is 3.47. The van der Waals surface area contributed by atoms with Gasteiger partial charge in [0.1, 0.15) is 5.82 Å². The zero-order valence-corrected chi connectivity index (χ0v) is 10.3. The van der Waals surface area contributed by atoms with E-state index >= 15 is 0 Å². The Morgan fingerprint density at radius 1 is 1.53 bits per heavy atom. The summed E-state index contributed by atoms with van der Waals surface area (Å²) in [5.74, 6) is 0.230. The molecule has 1 saturated carbocycles. The standard InChI is InChI=1S/C12H15BrFN/c1-8(7-15-10-3-4-10)11-5-2-9(14)6-12(11)13/h2,5-6,8,10,15H,3-4,7H2,1H3. The number of rotatable bonds is 4. The van der Waals surface area contributed by atoms with Gasteiger partial charge in [0.2, 0.25) is 0 Å². The van der Waals surface area contributed by atoms with Crippen molar-refractivity contribution in [2.24, 2.45) is 0 Å². The van der Waals surface area contributed by atoms with Crippen molar-refractivity contribution in [1.29, 1.82) is 0 Å². The van der Waals surface area contributed by atoms with Crippen LogP contribution in [-0.4, -0.2) is 12.6 Å². The topological polar surface area (TPSA) is 12.0 Å². The van der Waals surface area contributed by atoms with Crippen LogP contribution in [-0.2, 0) is 0 Å². The molecule has 0 spiro atoms. The molecule has 1 aromatic rings. The molecule has 0 bridgehead atoms. The summed E-state index contributed by atoms with van der Waals surface area (Å²) in [5, 5.41) is 3.48. The fourth-order valence-electron chi connectivity index (χ4n) is 1.64. The first-order valence-electron chi connectivity index (χ1n) is 5.35. The van der Waals surface area contributed by atoms with Gasteiger partial charge in [-0.15, -0.1) is 0 Å². The number of hydrogen-bond donors (Lipinski definition) is 1. The van der Waals surface area contributed by atoms with E-state index in [-0.39, 0.29) is 5.82 Å².